The van der Waals surface area contributed by atoms with Gasteiger partial charge in [0.15, 0.2) is 0 Å². The van der Waals surface area contributed by atoms with Crippen LogP contribution in [0.1, 0.15) is 19.4 Å². The first-order valence-corrected chi connectivity index (χ1v) is 9.01. The third-order valence-corrected chi connectivity index (χ3v) is 4.72. The maximum atomic E-state index is 12.1. The Hall–Kier alpha value is -1.99. The molecular weight excluding hydrogens is 334 g/mol. The van der Waals surface area contributed by atoms with Crippen LogP contribution in [0.2, 0.25) is 0 Å². The van der Waals surface area contributed by atoms with Crippen molar-refractivity contribution in [1.29, 1.82) is 0 Å². The molecule has 0 bridgehead atoms. The molecule has 2 rings (SSSR count). The SMILES string of the molecule is COc1ccc(OC)c(CCNC(=O)NCC(C)(C)N2CCOCC2)c1. The Kier molecular flexibility index (Phi) is 7.53. The first-order chi connectivity index (χ1) is 12.5. The van der Waals surface area contributed by atoms with Gasteiger partial charge in [-0.2, -0.15) is 0 Å². The lowest BCUT2D eigenvalue weighted by molar-refractivity contribution is -0.00874. The van der Waals surface area contributed by atoms with Crippen molar-refractivity contribution in [2.75, 3.05) is 53.6 Å². The summed E-state index contributed by atoms with van der Waals surface area (Å²) >= 11 is 0. The number of carbonyl (C=O) groups is 1. The zero-order valence-electron chi connectivity index (χ0n) is 16.3. The summed E-state index contributed by atoms with van der Waals surface area (Å²) in [6.45, 7) is 8.67. The number of ether oxygens (including phenoxy) is 3. The number of morpholine rings is 1. The molecule has 1 aromatic carbocycles. The van der Waals surface area contributed by atoms with E-state index >= 15 is 0 Å². The molecule has 1 fully saturated rings. The van der Waals surface area contributed by atoms with Crippen molar-refractivity contribution in [3.8, 4) is 11.5 Å². The first kappa shape index (κ1) is 20.3. The quantitative estimate of drug-likeness (QED) is 0.733. The van der Waals surface area contributed by atoms with Crippen LogP contribution in [-0.4, -0.2) is 70.1 Å². The second-order valence-corrected chi connectivity index (χ2v) is 6.95. The van der Waals surface area contributed by atoms with Crippen molar-refractivity contribution in [1.82, 2.24) is 15.5 Å². The Labute approximate surface area is 156 Å². The summed E-state index contributed by atoms with van der Waals surface area (Å²) in [5.74, 6) is 1.57. The van der Waals surface area contributed by atoms with Crippen LogP contribution >= 0.6 is 0 Å². The minimum Gasteiger partial charge on any atom is -0.497 e. The van der Waals surface area contributed by atoms with Gasteiger partial charge < -0.3 is 24.8 Å². The Balaban J connectivity index is 1.76. The Morgan fingerprint density at radius 3 is 2.58 bits per heavy atom. The molecule has 7 nitrogen and oxygen atoms in total. The van der Waals surface area contributed by atoms with Gasteiger partial charge in [-0.3, -0.25) is 4.90 Å². The maximum Gasteiger partial charge on any atom is 0.314 e. The van der Waals surface area contributed by atoms with Gasteiger partial charge in [0.1, 0.15) is 11.5 Å². The molecule has 2 N–H and O–H groups in total. The van der Waals surface area contributed by atoms with Crippen LogP contribution in [-0.2, 0) is 11.2 Å². The smallest absolute Gasteiger partial charge is 0.314 e. The number of methoxy groups -OCH3 is 2. The van der Waals surface area contributed by atoms with Crippen LogP contribution in [0.3, 0.4) is 0 Å². The highest BCUT2D eigenvalue weighted by Gasteiger charge is 2.28. The van der Waals surface area contributed by atoms with Crippen molar-refractivity contribution in [2.24, 2.45) is 0 Å². The van der Waals surface area contributed by atoms with Crippen molar-refractivity contribution >= 4 is 6.03 Å². The monoisotopic (exact) mass is 365 g/mol. The first-order valence-electron chi connectivity index (χ1n) is 9.01. The minimum absolute atomic E-state index is 0.100. The normalized spacial score (nSPS) is 15.4. The third-order valence-electron chi connectivity index (χ3n) is 4.72. The summed E-state index contributed by atoms with van der Waals surface area (Å²) in [5, 5.41) is 5.88. The van der Waals surface area contributed by atoms with E-state index < -0.39 is 0 Å². The van der Waals surface area contributed by atoms with E-state index in [0.29, 0.717) is 19.5 Å². The van der Waals surface area contributed by atoms with Gasteiger partial charge in [-0.1, -0.05) is 0 Å². The lowest BCUT2D eigenvalue weighted by Gasteiger charge is -2.40. The summed E-state index contributed by atoms with van der Waals surface area (Å²) in [6.07, 6.45) is 0.667. The average molecular weight is 365 g/mol. The molecule has 1 aliphatic rings. The van der Waals surface area contributed by atoms with E-state index in [1.54, 1.807) is 14.2 Å². The third kappa shape index (κ3) is 5.78. The molecular formula is C19H31N3O4. The number of amides is 2. The molecule has 1 aromatic rings. The van der Waals surface area contributed by atoms with E-state index in [1.807, 2.05) is 18.2 Å². The van der Waals surface area contributed by atoms with Crippen LogP contribution in [0.15, 0.2) is 18.2 Å². The largest absolute Gasteiger partial charge is 0.497 e. The number of urea groups is 1. The van der Waals surface area contributed by atoms with E-state index in [-0.39, 0.29) is 11.6 Å². The van der Waals surface area contributed by atoms with Crippen LogP contribution in [0, 0.1) is 0 Å². The van der Waals surface area contributed by atoms with E-state index in [2.05, 4.69) is 29.4 Å². The lowest BCUT2D eigenvalue weighted by atomic mass is 10.0. The molecule has 0 spiro atoms. The maximum absolute atomic E-state index is 12.1. The van der Waals surface area contributed by atoms with Gasteiger partial charge in [0.25, 0.3) is 0 Å². The summed E-state index contributed by atoms with van der Waals surface area (Å²) in [4.78, 5) is 14.5. The van der Waals surface area contributed by atoms with Gasteiger partial charge in [-0.25, -0.2) is 4.79 Å². The van der Waals surface area contributed by atoms with Gasteiger partial charge in [0.2, 0.25) is 0 Å². The summed E-state index contributed by atoms with van der Waals surface area (Å²) < 4.78 is 16.0. The van der Waals surface area contributed by atoms with Gasteiger partial charge in [-0.15, -0.1) is 0 Å². The fourth-order valence-electron chi connectivity index (χ4n) is 3.03. The zero-order valence-corrected chi connectivity index (χ0v) is 16.3. The topological polar surface area (TPSA) is 72.1 Å². The molecule has 7 heteroatoms. The standard InChI is InChI=1S/C19H31N3O4/c1-19(2,22-9-11-26-12-10-22)14-21-18(23)20-8-7-15-13-16(24-3)5-6-17(15)25-4/h5-6,13H,7-12,14H2,1-4H3,(H2,20,21,23). The fraction of sp³-hybridized carbons (Fsp3) is 0.632. The molecule has 26 heavy (non-hydrogen) atoms. The Morgan fingerprint density at radius 1 is 1.19 bits per heavy atom. The fourth-order valence-corrected chi connectivity index (χ4v) is 3.03. The number of benzene rings is 1. The molecule has 1 saturated heterocycles. The summed E-state index contributed by atoms with van der Waals surface area (Å²) in [6, 6.07) is 5.50. The highest BCUT2D eigenvalue weighted by molar-refractivity contribution is 5.73. The van der Waals surface area contributed by atoms with E-state index in [4.69, 9.17) is 14.2 Å². The minimum atomic E-state index is -0.159. The number of rotatable bonds is 8. The highest BCUT2D eigenvalue weighted by atomic mass is 16.5. The van der Waals surface area contributed by atoms with Gasteiger partial charge in [-0.05, 0) is 44.0 Å². The number of nitrogens with zero attached hydrogens (tertiary/aromatic N) is 1. The number of hydrogen-bond donors (Lipinski definition) is 2. The van der Waals surface area contributed by atoms with Crippen LogP contribution in [0.25, 0.3) is 0 Å². The van der Waals surface area contributed by atoms with Crippen molar-refractivity contribution in [3.63, 3.8) is 0 Å². The van der Waals surface area contributed by atoms with E-state index in [0.717, 1.165) is 43.4 Å². The predicted molar refractivity (Wildman–Crippen MR) is 101 cm³/mol. The van der Waals surface area contributed by atoms with E-state index in [9.17, 15) is 4.79 Å². The second kappa shape index (κ2) is 9.64. The van der Waals surface area contributed by atoms with Gasteiger partial charge >= 0.3 is 6.03 Å². The van der Waals surface area contributed by atoms with Gasteiger partial charge in [0.05, 0.1) is 27.4 Å². The molecule has 2 amide bonds. The molecule has 0 aliphatic carbocycles. The molecule has 1 heterocycles. The summed E-state index contributed by atoms with van der Waals surface area (Å²) in [5.41, 5.74) is 0.901. The second-order valence-electron chi connectivity index (χ2n) is 6.95. The molecule has 0 radical (unpaired) electrons. The van der Waals surface area contributed by atoms with Crippen molar-refractivity contribution < 1.29 is 19.0 Å². The highest BCUT2D eigenvalue weighted by Crippen LogP contribution is 2.24. The van der Waals surface area contributed by atoms with Crippen LogP contribution < -0.4 is 20.1 Å². The molecule has 0 atom stereocenters. The van der Waals surface area contributed by atoms with Crippen LogP contribution in [0.5, 0.6) is 11.5 Å². The molecule has 0 unspecified atom stereocenters. The molecule has 146 valence electrons. The number of carbonyl (C=O) groups excluding carboxylic acids is 1. The zero-order chi connectivity index (χ0) is 19.0. The molecule has 0 saturated carbocycles. The van der Waals surface area contributed by atoms with Crippen molar-refractivity contribution in [2.45, 2.75) is 25.8 Å². The summed E-state index contributed by atoms with van der Waals surface area (Å²) in [7, 11) is 3.27. The number of hydrogen-bond acceptors (Lipinski definition) is 5. The molecule has 1 aliphatic heterocycles. The van der Waals surface area contributed by atoms with Crippen molar-refractivity contribution in [3.05, 3.63) is 23.8 Å². The lowest BCUT2D eigenvalue weighted by Crippen LogP contribution is -2.56. The predicted octanol–water partition coefficient (Wildman–Crippen LogP) is 1.66. The van der Waals surface area contributed by atoms with Crippen LogP contribution in [0.4, 0.5) is 4.79 Å². The van der Waals surface area contributed by atoms with E-state index in [1.165, 1.54) is 0 Å². The Bertz CT molecular complexity index is 586. The van der Waals surface area contributed by atoms with Gasteiger partial charge in [0, 0.05) is 31.7 Å². The number of nitrogens with one attached hydrogen (secondary N) is 2. The molecule has 0 aromatic heterocycles. The average Bonchev–Trinajstić information content (AvgIpc) is 2.67. The Morgan fingerprint density at radius 2 is 1.92 bits per heavy atom.